The van der Waals surface area contributed by atoms with Gasteiger partial charge in [-0.3, -0.25) is 4.68 Å². The van der Waals surface area contributed by atoms with E-state index in [0.29, 0.717) is 5.88 Å². The molecule has 3 aromatic rings. The molecule has 0 atom stereocenters. The van der Waals surface area contributed by atoms with Crippen molar-refractivity contribution in [2.24, 2.45) is 7.05 Å². The third-order valence-corrected chi connectivity index (χ3v) is 4.17. The minimum absolute atomic E-state index is 0.572. The predicted octanol–water partition coefficient (Wildman–Crippen LogP) is 2.79. The Labute approximate surface area is 141 Å². The van der Waals surface area contributed by atoms with E-state index in [1.807, 2.05) is 7.05 Å². The number of aryl methyl sites for hydroxylation is 4. The number of benzene rings is 1. The molecule has 0 unspecified atom stereocenters. The molecule has 0 saturated carbocycles. The summed E-state index contributed by atoms with van der Waals surface area (Å²) in [5.74, 6) is 2.45. The molecule has 7 heteroatoms. The molecule has 0 aliphatic rings. The molecular weight excluding hydrogens is 401 g/mol. The van der Waals surface area contributed by atoms with Crippen molar-refractivity contribution in [3.63, 3.8) is 0 Å². The van der Waals surface area contributed by atoms with Crippen LogP contribution in [0.3, 0.4) is 0 Å². The maximum atomic E-state index is 5.90. The minimum atomic E-state index is 0.572. The fourth-order valence-corrected chi connectivity index (χ4v) is 3.03. The number of rotatable bonds is 5. The highest BCUT2D eigenvalue weighted by Gasteiger charge is 2.11. The maximum absolute atomic E-state index is 5.90. The molecule has 2 heterocycles. The van der Waals surface area contributed by atoms with Crippen LogP contribution in [-0.4, -0.2) is 30.2 Å². The van der Waals surface area contributed by atoms with Gasteiger partial charge >= 0.3 is 0 Å². The van der Waals surface area contributed by atoms with Crippen LogP contribution in [0.4, 0.5) is 0 Å². The number of halogens is 2. The van der Waals surface area contributed by atoms with E-state index in [0.717, 1.165) is 42.1 Å². The Bertz CT molecular complexity index is 764. The molecule has 3 rings (SSSR count). The van der Waals surface area contributed by atoms with Gasteiger partial charge < -0.3 is 4.57 Å². The Hall–Kier alpha value is -1.15. The number of fused-ring (bicyclic) bond motifs is 1. The fraction of sp³-hybridized carbons (Fsp3) is 0.357. The summed E-state index contributed by atoms with van der Waals surface area (Å²) in [5, 5.41) is 4.32. The van der Waals surface area contributed by atoms with E-state index in [1.54, 1.807) is 11.0 Å². The molecule has 0 N–H and O–H groups in total. The Morgan fingerprint density at radius 1 is 1.29 bits per heavy atom. The third-order valence-electron chi connectivity index (χ3n) is 3.31. The van der Waals surface area contributed by atoms with Crippen LogP contribution >= 0.6 is 34.2 Å². The SMILES string of the molecule is Cn1cnc(CCn2c(CCCl)nc3cc(I)ccc32)n1. The minimum Gasteiger partial charge on any atom is -0.327 e. The summed E-state index contributed by atoms with van der Waals surface area (Å²) in [7, 11) is 1.88. The maximum Gasteiger partial charge on any atom is 0.152 e. The van der Waals surface area contributed by atoms with E-state index < -0.39 is 0 Å². The van der Waals surface area contributed by atoms with Crippen molar-refractivity contribution < 1.29 is 0 Å². The van der Waals surface area contributed by atoms with Gasteiger partial charge in [-0.25, -0.2) is 9.97 Å². The van der Waals surface area contributed by atoms with Crippen LogP contribution in [0, 0.1) is 3.57 Å². The Morgan fingerprint density at radius 2 is 2.14 bits per heavy atom. The first kappa shape index (κ1) is 14.8. The van der Waals surface area contributed by atoms with Gasteiger partial charge in [0.1, 0.15) is 12.2 Å². The Kier molecular flexibility index (Phi) is 4.44. The zero-order valence-electron chi connectivity index (χ0n) is 11.6. The second-order valence-corrected chi connectivity index (χ2v) is 6.46. The molecular formula is C14H15ClIN5. The molecule has 1 aromatic carbocycles. The Morgan fingerprint density at radius 3 is 2.86 bits per heavy atom. The fourth-order valence-electron chi connectivity index (χ4n) is 2.39. The highest BCUT2D eigenvalue weighted by atomic mass is 127. The van der Waals surface area contributed by atoms with E-state index in [1.165, 1.54) is 3.57 Å². The van der Waals surface area contributed by atoms with E-state index in [2.05, 4.69) is 55.4 Å². The summed E-state index contributed by atoms with van der Waals surface area (Å²) < 4.78 is 5.14. The molecule has 2 aromatic heterocycles. The number of aromatic nitrogens is 5. The van der Waals surface area contributed by atoms with Gasteiger partial charge in [0.15, 0.2) is 5.82 Å². The molecule has 0 spiro atoms. The highest BCUT2D eigenvalue weighted by Crippen LogP contribution is 2.20. The molecule has 0 radical (unpaired) electrons. The largest absolute Gasteiger partial charge is 0.327 e. The number of imidazole rings is 1. The highest BCUT2D eigenvalue weighted by molar-refractivity contribution is 14.1. The van der Waals surface area contributed by atoms with Crippen molar-refractivity contribution in [2.45, 2.75) is 19.4 Å². The van der Waals surface area contributed by atoms with Crippen LogP contribution in [0.1, 0.15) is 11.6 Å². The van der Waals surface area contributed by atoms with Crippen molar-refractivity contribution in [3.8, 4) is 0 Å². The molecule has 110 valence electrons. The second-order valence-electron chi connectivity index (χ2n) is 4.84. The number of alkyl halides is 1. The van der Waals surface area contributed by atoms with Crippen LogP contribution < -0.4 is 0 Å². The molecule has 0 bridgehead atoms. The molecule has 0 aliphatic heterocycles. The van der Waals surface area contributed by atoms with Crippen LogP contribution in [0.5, 0.6) is 0 Å². The lowest BCUT2D eigenvalue weighted by molar-refractivity contribution is 0.646. The van der Waals surface area contributed by atoms with E-state index in [4.69, 9.17) is 16.6 Å². The first-order valence-corrected chi connectivity index (χ1v) is 8.34. The van der Waals surface area contributed by atoms with Crippen molar-refractivity contribution in [2.75, 3.05) is 5.88 Å². The van der Waals surface area contributed by atoms with Crippen LogP contribution in [0.2, 0.25) is 0 Å². The first-order chi connectivity index (χ1) is 10.2. The summed E-state index contributed by atoms with van der Waals surface area (Å²) in [4.78, 5) is 8.98. The quantitative estimate of drug-likeness (QED) is 0.476. The van der Waals surface area contributed by atoms with Gasteiger partial charge in [-0.1, -0.05) is 0 Å². The summed E-state index contributed by atoms with van der Waals surface area (Å²) >= 11 is 8.21. The van der Waals surface area contributed by atoms with E-state index >= 15 is 0 Å². The normalized spacial score (nSPS) is 11.4. The van der Waals surface area contributed by atoms with Crippen LogP contribution in [-0.2, 0) is 26.4 Å². The standard InChI is InChI=1S/C14H15ClIN5/c1-20-9-17-13(19-20)5-7-21-12-3-2-10(16)8-11(12)18-14(21)4-6-15/h2-3,8-9H,4-7H2,1H3. The van der Waals surface area contributed by atoms with Crippen LogP contribution in [0.15, 0.2) is 24.5 Å². The molecule has 0 aliphatic carbocycles. The lowest BCUT2D eigenvalue weighted by Crippen LogP contribution is -2.08. The molecule has 5 nitrogen and oxygen atoms in total. The lowest BCUT2D eigenvalue weighted by Gasteiger charge is -2.07. The van der Waals surface area contributed by atoms with E-state index in [9.17, 15) is 0 Å². The zero-order chi connectivity index (χ0) is 14.8. The molecule has 0 saturated heterocycles. The van der Waals surface area contributed by atoms with Gasteiger partial charge in [0, 0.05) is 35.9 Å². The Balaban J connectivity index is 1.92. The number of hydrogen-bond acceptors (Lipinski definition) is 3. The van der Waals surface area contributed by atoms with Crippen LogP contribution in [0.25, 0.3) is 11.0 Å². The third kappa shape index (κ3) is 3.21. The second kappa shape index (κ2) is 6.31. The predicted molar refractivity (Wildman–Crippen MR) is 91.6 cm³/mol. The van der Waals surface area contributed by atoms with Crippen molar-refractivity contribution in [1.82, 2.24) is 24.3 Å². The molecule has 0 amide bonds. The average molecular weight is 416 g/mol. The topological polar surface area (TPSA) is 48.5 Å². The van der Waals surface area contributed by atoms with Gasteiger partial charge in [-0.15, -0.1) is 11.6 Å². The first-order valence-electron chi connectivity index (χ1n) is 6.72. The molecule has 0 fully saturated rings. The van der Waals surface area contributed by atoms with Gasteiger partial charge in [-0.2, -0.15) is 5.10 Å². The molecule has 21 heavy (non-hydrogen) atoms. The van der Waals surface area contributed by atoms with E-state index in [-0.39, 0.29) is 0 Å². The summed E-state index contributed by atoms with van der Waals surface area (Å²) in [5.41, 5.74) is 2.17. The smallest absolute Gasteiger partial charge is 0.152 e. The van der Waals surface area contributed by atoms with Crippen molar-refractivity contribution in [3.05, 3.63) is 39.7 Å². The summed E-state index contributed by atoms with van der Waals surface area (Å²) in [6, 6.07) is 6.32. The summed E-state index contributed by atoms with van der Waals surface area (Å²) in [6.07, 6.45) is 3.28. The number of hydrogen-bond donors (Lipinski definition) is 0. The number of nitrogens with zero attached hydrogens (tertiary/aromatic N) is 5. The van der Waals surface area contributed by atoms with Gasteiger partial charge in [0.2, 0.25) is 0 Å². The lowest BCUT2D eigenvalue weighted by atomic mass is 10.3. The van der Waals surface area contributed by atoms with Crippen molar-refractivity contribution in [1.29, 1.82) is 0 Å². The van der Waals surface area contributed by atoms with Gasteiger partial charge in [0.25, 0.3) is 0 Å². The average Bonchev–Trinajstić information content (AvgIpc) is 3.00. The van der Waals surface area contributed by atoms with Crippen molar-refractivity contribution >= 4 is 45.2 Å². The summed E-state index contributed by atoms with van der Waals surface area (Å²) in [6.45, 7) is 0.813. The monoisotopic (exact) mass is 415 g/mol. The van der Waals surface area contributed by atoms with Gasteiger partial charge in [0.05, 0.1) is 11.0 Å². The van der Waals surface area contributed by atoms with Gasteiger partial charge in [-0.05, 0) is 40.8 Å². The zero-order valence-corrected chi connectivity index (χ0v) is 14.5.